The fourth-order valence-electron chi connectivity index (χ4n) is 4.07. The minimum Gasteiger partial charge on any atom is -0.354 e. The summed E-state index contributed by atoms with van der Waals surface area (Å²) < 4.78 is 1.90. The van der Waals surface area contributed by atoms with E-state index in [1.54, 1.807) is 0 Å². The third kappa shape index (κ3) is 4.55. The van der Waals surface area contributed by atoms with Gasteiger partial charge in [-0.15, -0.1) is 0 Å². The number of fused-ring (bicyclic) bond motifs is 1. The van der Waals surface area contributed by atoms with E-state index in [1.807, 2.05) is 15.8 Å². The molecule has 3 aromatic rings. The number of nitrogens with zero attached hydrogens (tertiary/aromatic N) is 6. The first-order chi connectivity index (χ1) is 15.0. The summed E-state index contributed by atoms with van der Waals surface area (Å²) in [4.78, 5) is 26.6. The lowest BCUT2D eigenvalue weighted by Crippen LogP contribution is -2.36. The molecular weight excluding hydrogens is 388 g/mol. The van der Waals surface area contributed by atoms with Crippen LogP contribution >= 0.6 is 0 Å². The minimum absolute atomic E-state index is 0.256. The maximum absolute atomic E-state index is 12.6. The largest absolute Gasteiger partial charge is 0.354 e. The molecular formula is C24H32N6O. The van der Waals surface area contributed by atoms with E-state index in [0.717, 1.165) is 67.4 Å². The molecule has 1 aliphatic heterocycles. The van der Waals surface area contributed by atoms with Crippen LogP contribution < -0.4 is 4.90 Å². The van der Waals surface area contributed by atoms with Crippen molar-refractivity contribution in [2.75, 3.05) is 31.1 Å². The number of amides is 1. The van der Waals surface area contributed by atoms with Gasteiger partial charge in [-0.2, -0.15) is 5.10 Å². The average molecular weight is 421 g/mol. The van der Waals surface area contributed by atoms with Gasteiger partial charge in [0.2, 0.25) is 5.91 Å². The van der Waals surface area contributed by atoms with E-state index < -0.39 is 0 Å². The van der Waals surface area contributed by atoms with Crippen molar-refractivity contribution in [3.8, 4) is 5.69 Å². The predicted molar refractivity (Wildman–Crippen MR) is 124 cm³/mol. The first-order valence-corrected chi connectivity index (χ1v) is 11.3. The Hall–Kier alpha value is -2.96. The van der Waals surface area contributed by atoms with Gasteiger partial charge in [0.25, 0.3) is 0 Å². The van der Waals surface area contributed by atoms with Crippen LogP contribution in [-0.2, 0) is 11.2 Å². The van der Waals surface area contributed by atoms with Crippen molar-refractivity contribution < 1.29 is 4.79 Å². The smallest absolute Gasteiger partial charge is 0.222 e. The molecule has 2 aromatic heterocycles. The summed E-state index contributed by atoms with van der Waals surface area (Å²) in [6, 6.07) is 8.31. The average Bonchev–Trinajstić information content (AvgIpc) is 3.01. The molecule has 31 heavy (non-hydrogen) atoms. The van der Waals surface area contributed by atoms with E-state index in [2.05, 4.69) is 62.0 Å². The molecule has 0 aliphatic carbocycles. The molecule has 7 nitrogen and oxygen atoms in total. The number of hydrogen-bond acceptors (Lipinski definition) is 5. The zero-order valence-corrected chi connectivity index (χ0v) is 19.0. The highest BCUT2D eigenvalue weighted by Crippen LogP contribution is 2.27. The van der Waals surface area contributed by atoms with Gasteiger partial charge < -0.3 is 9.80 Å². The lowest BCUT2D eigenvalue weighted by atomic mass is 10.1. The van der Waals surface area contributed by atoms with Crippen LogP contribution in [0.15, 0.2) is 30.5 Å². The van der Waals surface area contributed by atoms with Gasteiger partial charge in [0.1, 0.15) is 11.6 Å². The maximum Gasteiger partial charge on any atom is 0.222 e. The van der Waals surface area contributed by atoms with E-state index in [1.165, 1.54) is 5.56 Å². The number of carbonyl (C=O) groups excluding carboxylic acids is 1. The maximum atomic E-state index is 12.6. The van der Waals surface area contributed by atoms with E-state index in [4.69, 9.17) is 9.97 Å². The molecule has 3 heterocycles. The second-order valence-electron chi connectivity index (χ2n) is 8.77. The second-order valence-corrected chi connectivity index (χ2v) is 8.77. The van der Waals surface area contributed by atoms with Gasteiger partial charge in [-0.25, -0.2) is 14.6 Å². The van der Waals surface area contributed by atoms with Crippen molar-refractivity contribution in [1.29, 1.82) is 0 Å². The Bertz CT molecular complexity index is 1060. The monoisotopic (exact) mass is 420 g/mol. The van der Waals surface area contributed by atoms with Crippen LogP contribution in [0.3, 0.4) is 0 Å². The van der Waals surface area contributed by atoms with Crippen molar-refractivity contribution in [2.45, 2.75) is 47.0 Å². The summed E-state index contributed by atoms with van der Waals surface area (Å²) in [6.07, 6.45) is 4.18. The molecule has 0 spiro atoms. The topological polar surface area (TPSA) is 67.2 Å². The van der Waals surface area contributed by atoms with Crippen LogP contribution in [0, 0.1) is 12.8 Å². The number of benzene rings is 1. The number of hydrogen-bond donors (Lipinski definition) is 0. The van der Waals surface area contributed by atoms with E-state index in [-0.39, 0.29) is 5.91 Å². The molecule has 0 saturated carbocycles. The van der Waals surface area contributed by atoms with Crippen molar-refractivity contribution >= 4 is 22.8 Å². The molecule has 0 N–H and O–H groups in total. The van der Waals surface area contributed by atoms with Crippen molar-refractivity contribution in [3.05, 3.63) is 41.9 Å². The summed E-state index contributed by atoms with van der Waals surface area (Å²) in [5.41, 5.74) is 3.04. The van der Waals surface area contributed by atoms with E-state index in [9.17, 15) is 4.79 Å². The van der Waals surface area contributed by atoms with Crippen molar-refractivity contribution in [2.24, 2.45) is 5.92 Å². The number of carbonyl (C=O) groups is 1. The molecule has 164 valence electrons. The van der Waals surface area contributed by atoms with Gasteiger partial charge in [-0.3, -0.25) is 4.79 Å². The van der Waals surface area contributed by atoms with Crippen LogP contribution in [0.2, 0.25) is 0 Å². The highest BCUT2D eigenvalue weighted by molar-refractivity contribution is 5.88. The molecule has 1 aliphatic rings. The van der Waals surface area contributed by atoms with Gasteiger partial charge in [-0.1, -0.05) is 38.5 Å². The second kappa shape index (κ2) is 9.04. The molecule has 1 fully saturated rings. The minimum atomic E-state index is 0.256. The third-order valence-electron chi connectivity index (χ3n) is 5.78. The Labute approximate surface area is 184 Å². The molecule has 0 radical (unpaired) electrons. The van der Waals surface area contributed by atoms with Crippen molar-refractivity contribution in [1.82, 2.24) is 24.6 Å². The number of aromatic nitrogens is 4. The molecule has 1 saturated heterocycles. The first-order valence-electron chi connectivity index (χ1n) is 11.3. The fraction of sp³-hybridized carbons (Fsp3) is 0.500. The molecule has 0 bridgehead atoms. The van der Waals surface area contributed by atoms with Crippen molar-refractivity contribution in [3.63, 3.8) is 0 Å². The molecule has 1 amide bonds. The van der Waals surface area contributed by atoms with Crippen LogP contribution in [0.25, 0.3) is 16.7 Å². The predicted octanol–water partition coefficient (Wildman–Crippen LogP) is 3.77. The highest BCUT2D eigenvalue weighted by Gasteiger charge is 2.23. The van der Waals surface area contributed by atoms with Crippen LogP contribution in [0.5, 0.6) is 0 Å². The molecule has 7 heteroatoms. The molecule has 1 aromatic carbocycles. The van der Waals surface area contributed by atoms with Gasteiger partial charge in [0, 0.05) is 39.0 Å². The summed E-state index contributed by atoms with van der Waals surface area (Å²) >= 11 is 0. The lowest BCUT2D eigenvalue weighted by molar-refractivity contribution is -0.131. The number of aryl methyl sites for hydroxylation is 2. The summed E-state index contributed by atoms with van der Waals surface area (Å²) in [5, 5.41) is 5.61. The van der Waals surface area contributed by atoms with Gasteiger partial charge >= 0.3 is 0 Å². The third-order valence-corrected chi connectivity index (χ3v) is 5.78. The lowest BCUT2D eigenvalue weighted by Gasteiger charge is -2.24. The van der Waals surface area contributed by atoms with Crippen LogP contribution in [-0.4, -0.2) is 56.7 Å². The van der Waals surface area contributed by atoms with E-state index in [0.29, 0.717) is 12.3 Å². The Morgan fingerprint density at radius 2 is 1.84 bits per heavy atom. The Kier molecular flexibility index (Phi) is 6.20. The normalized spacial score (nSPS) is 15.0. The summed E-state index contributed by atoms with van der Waals surface area (Å²) in [7, 11) is 0. The van der Waals surface area contributed by atoms with Gasteiger partial charge in [0.05, 0.1) is 17.3 Å². The standard InChI is InChI=1S/C24H32N6O/c1-5-21-26-23(29-12-6-11-28(13-14-29)22(31)15-17(2)3)20-16-25-30(24(20)27-21)19-9-7-18(4)8-10-19/h7-10,16-17H,5-6,11-15H2,1-4H3. The SMILES string of the molecule is CCc1nc(N2CCCN(C(=O)CC(C)C)CC2)c2cnn(-c3ccc(C)cc3)c2n1. The summed E-state index contributed by atoms with van der Waals surface area (Å²) in [6.45, 7) is 11.5. The molecule has 0 atom stereocenters. The zero-order chi connectivity index (χ0) is 22.0. The summed E-state index contributed by atoms with van der Waals surface area (Å²) in [5.74, 6) is 2.38. The van der Waals surface area contributed by atoms with Gasteiger partial charge in [-0.05, 0) is 31.4 Å². The highest BCUT2D eigenvalue weighted by atomic mass is 16.2. The molecule has 4 rings (SSSR count). The number of anilines is 1. The quantitative estimate of drug-likeness (QED) is 0.629. The fourth-order valence-corrected chi connectivity index (χ4v) is 4.07. The molecule has 0 unspecified atom stereocenters. The Morgan fingerprint density at radius 1 is 1.06 bits per heavy atom. The van der Waals surface area contributed by atoms with E-state index >= 15 is 0 Å². The van der Waals surface area contributed by atoms with Gasteiger partial charge in [0.15, 0.2) is 5.65 Å². The zero-order valence-electron chi connectivity index (χ0n) is 19.0. The first kappa shape index (κ1) is 21.3. The Morgan fingerprint density at radius 3 is 2.55 bits per heavy atom. The number of rotatable bonds is 5. The van der Waals surface area contributed by atoms with Crippen LogP contribution in [0.4, 0.5) is 5.82 Å². The Balaban J connectivity index is 1.66. The van der Waals surface area contributed by atoms with Crippen LogP contribution in [0.1, 0.15) is 45.0 Å².